The standard InChI is InChI=1S/2C10H13NOS2.CH4O/c2*12-9-8(14-10(13)11-9)7-5-3-1-2-4-6-7;1-2/h2*1-6H2,(H,11,12,13);2H,1H3. The lowest BCUT2D eigenvalue weighted by Gasteiger charge is -2.03. The molecule has 0 bridgehead atoms. The molecular formula is C21H30N2O3S4. The van der Waals surface area contributed by atoms with Gasteiger partial charge in [-0.1, -0.05) is 84.8 Å². The summed E-state index contributed by atoms with van der Waals surface area (Å²) in [6.07, 6.45) is 14.4. The molecule has 4 aliphatic rings. The third-order valence-corrected chi connectivity index (χ3v) is 7.93. The van der Waals surface area contributed by atoms with Crippen molar-refractivity contribution in [1.82, 2.24) is 10.6 Å². The molecule has 0 spiro atoms. The van der Waals surface area contributed by atoms with Crippen molar-refractivity contribution in [3.05, 3.63) is 21.0 Å². The summed E-state index contributed by atoms with van der Waals surface area (Å²) in [5, 5.41) is 12.4. The quantitative estimate of drug-likeness (QED) is 0.250. The maximum absolute atomic E-state index is 11.5. The molecule has 2 amide bonds. The molecule has 0 aromatic carbocycles. The van der Waals surface area contributed by atoms with Crippen LogP contribution in [0.5, 0.6) is 0 Å². The van der Waals surface area contributed by atoms with Gasteiger partial charge in [0.1, 0.15) is 8.64 Å². The fourth-order valence-electron chi connectivity index (χ4n) is 3.86. The molecule has 3 N–H and O–H groups in total. The van der Waals surface area contributed by atoms with Crippen molar-refractivity contribution < 1.29 is 14.7 Å². The summed E-state index contributed by atoms with van der Waals surface area (Å²) in [7, 11) is 1.00. The second-order valence-electron chi connectivity index (χ2n) is 7.38. The molecule has 2 heterocycles. The molecule has 2 aliphatic heterocycles. The number of nitrogens with one attached hydrogen (secondary N) is 2. The van der Waals surface area contributed by atoms with Gasteiger partial charge in [0, 0.05) is 7.11 Å². The van der Waals surface area contributed by atoms with Gasteiger partial charge in [-0.2, -0.15) is 0 Å². The van der Waals surface area contributed by atoms with Gasteiger partial charge in [-0.3, -0.25) is 9.59 Å². The molecule has 30 heavy (non-hydrogen) atoms. The first-order valence-electron chi connectivity index (χ1n) is 10.5. The maximum atomic E-state index is 11.5. The van der Waals surface area contributed by atoms with E-state index < -0.39 is 0 Å². The number of aliphatic hydroxyl groups excluding tert-OH is 1. The predicted molar refractivity (Wildman–Crippen MR) is 134 cm³/mol. The zero-order valence-corrected chi connectivity index (χ0v) is 20.6. The summed E-state index contributed by atoms with van der Waals surface area (Å²) in [4.78, 5) is 24.8. The first kappa shape index (κ1) is 25.5. The van der Waals surface area contributed by atoms with Crippen LogP contribution in [-0.4, -0.2) is 32.7 Å². The van der Waals surface area contributed by atoms with E-state index in [0.29, 0.717) is 8.64 Å². The maximum Gasteiger partial charge on any atom is 0.263 e. The van der Waals surface area contributed by atoms with Gasteiger partial charge >= 0.3 is 0 Å². The average Bonchev–Trinajstić information content (AvgIpc) is 3.04. The van der Waals surface area contributed by atoms with Crippen LogP contribution in [0.25, 0.3) is 0 Å². The second kappa shape index (κ2) is 13.6. The highest BCUT2D eigenvalue weighted by Gasteiger charge is 2.26. The third-order valence-electron chi connectivity index (χ3n) is 5.29. The Labute approximate surface area is 198 Å². The number of hydrogen-bond donors (Lipinski definition) is 3. The molecule has 2 saturated heterocycles. The molecule has 2 aliphatic carbocycles. The SMILES string of the molecule is CO.O=C1NC(=S)SC1=C1CCCCCC1.O=C1NC(=S)SC1=C1CCCCCC1. The van der Waals surface area contributed by atoms with Crippen LogP contribution in [0.2, 0.25) is 0 Å². The van der Waals surface area contributed by atoms with Gasteiger partial charge in [0.25, 0.3) is 11.8 Å². The van der Waals surface area contributed by atoms with Crippen LogP contribution in [0.1, 0.15) is 77.0 Å². The molecule has 0 aromatic rings. The Morgan fingerprint density at radius 1 is 0.633 bits per heavy atom. The Morgan fingerprint density at radius 2 is 0.933 bits per heavy atom. The van der Waals surface area contributed by atoms with Crippen molar-refractivity contribution in [1.29, 1.82) is 0 Å². The Bertz CT molecular complexity index is 665. The molecular weight excluding hydrogens is 457 g/mol. The predicted octanol–water partition coefficient (Wildman–Crippen LogP) is 5.09. The molecule has 0 unspecified atom stereocenters. The van der Waals surface area contributed by atoms with E-state index in [-0.39, 0.29) is 11.8 Å². The van der Waals surface area contributed by atoms with E-state index in [2.05, 4.69) is 10.6 Å². The molecule has 0 radical (unpaired) electrons. The van der Waals surface area contributed by atoms with E-state index >= 15 is 0 Å². The highest BCUT2D eigenvalue weighted by Crippen LogP contribution is 2.34. The van der Waals surface area contributed by atoms with Gasteiger partial charge in [0.15, 0.2) is 0 Å². The minimum atomic E-state index is 0.0249. The number of thioether (sulfide) groups is 2. The summed E-state index contributed by atoms with van der Waals surface area (Å²) in [5.41, 5.74) is 2.65. The number of allylic oxidation sites excluding steroid dienone is 2. The molecule has 0 atom stereocenters. The van der Waals surface area contributed by atoms with Gasteiger partial charge < -0.3 is 15.7 Å². The minimum Gasteiger partial charge on any atom is -0.400 e. The largest absolute Gasteiger partial charge is 0.400 e. The number of aliphatic hydroxyl groups is 1. The normalized spacial score (nSPS) is 22.3. The fraction of sp³-hybridized carbons (Fsp3) is 0.619. The Kier molecular flexibility index (Phi) is 11.6. The van der Waals surface area contributed by atoms with E-state index in [4.69, 9.17) is 29.5 Å². The zero-order chi connectivity index (χ0) is 21.9. The summed E-state index contributed by atoms with van der Waals surface area (Å²) in [6, 6.07) is 0. The average molecular weight is 487 g/mol. The summed E-state index contributed by atoms with van der Waals surface area (Å²) >= 11 is 12.8. The lowest BCUT2D eigenvalue weighted by atomic mass is 10.1. The zero-order valence-electron chi connectivity index (χ0n) is 17.4. The number of carbonyl (C=O) groups is 2. The van der Waals surface area contributed by atoms with Gasteiger partial charge in [-0.05, 0) is 51.4 Å². The minimum absolute atomic E-state index is 0.0249. The number of thiocarbonyl (C=S) groups is 2. The van der Waals surface area contributed by atoms with Gasteiger partial charge in [-0.25, -0.2) is 0 Å². The second-order valence-corrected chi connectivity index (χ2v) is 10.8. The van der Waals surface area contributed by atoms with Crippen molar-refractivity contribution in [3.63, 3.8) is 0 Å². The van der Waals surface area contributed by atoms with Gasteiger partial charge in [-0.15, -0.1) is 0 Å². The number of rotatable bonds is 0. The first-order chi connectivity index (χ1) is 14.5. The monoisotopic (exact) mass is 486 g/mol. The Balaban J connectivity index is 0.000000197. The number of carbonyl (C=O) groups excluding carboxylic acids is 2. The van der Waals surface area contributed by atoms with Gasteiger partial charge in [0.05, 0.1) is 9.81 Å². The Hall–Kier alpha value is -0.740. The van der Waals surface area contributed by atoms with Crippen molar-refractivity contribution in [2.75, 3.05) is 7.11 Å². The Morgan fingerprint density at radius 3 is 1.17 bits per heavy atom. The third kappa shape index (κ3) is 7.75. The smallest absolute Gasteiger partial charge is 0.263 e. The van der Waals surface area contributed by atoms with Crippen LogP contribution in [0.3, 0.4) is 0 Å². The number of amides is 2. The summed E-state index contributed by atoms with van der Waals surface area (Å²) in [5.74, 6) is 0.0498. The molecule has 0 aromatic heterocycles. The molecule has 9 heteroatoms. The van der Waals surface area contributed by atoms with E-state index in [0.717, 1.165) is 42.6 Å². The van der Waals surface area contributed by atoms with Crippen LogP contribution in [0.15, 0.2) is 21.0 Å². The lowest BCUT2D eigenvalue weighted by Crippen LogP contribution is -2.18. The van der Waals surface area contributed by atoms with E-state index in [9.17, 15) is 9.59 Å². The van der Waals surface area contributed by atoms with Crippen LogP contribution in [-0.2, 0) is 9.59 Å². The summed E-state index contributed by atoms with van der Waals surface area (Å²) in [6.45, 7) is 0. The summed E-state index contributed by atoms with van der Waals surface area (Å²) < 4.78 is 1.23. The molecule has 4 fully saturated rings. The molecule has 4 rings (SSSR count). The lowest BCUT2D eigenvalue weighted by molar-refractivity contribution is -0.116. The van der Waals surface area contributed by atoms with Crippen LogP contribution in [0.4, 0.5) is 0 Å². The topological polar surface area (TPSA) is 78.4 Å². The molecule has 166 valence electrons. The van der Waals surface area contributed by atoms with E-state index in [1.165, 1.54) is 86.0 Å². The molecule has 5 nitrogen and oxygen atoms in total. The highest BCUT2D eigenvalue weighted by molar-refractivity contribution is 8.27. The first-order valence-corrected chi connectivity index (χ1v) is 12.9. The van der Waals surface area contributed by atoms with Crippen molar-refractivity contribution >= 4 is 68.4 Å². The van der Waals surface area contributed by atoms with Gasteiger partial charge in [0.2, 0.25) is 0 Å². The molecule has 2 saturated carbocycles. The highest BCUT2D eigenvalue weighted by atomic mass is 32.2. The van der Waals surface area contributed by atoms with Crippen molar-refractivity contribution in [2.24, 2.45) is 0 Å². The van der Waals surface area contributed by atoms with E-state index in [1.54, 1.807) is 0 Å². The fourth-order valence-corrected chi connectivity index (χ4v) is 6.19. The van der Waals surface area contributed by atoms with Crippen molar-refractivity contribution in [2.45, 2.75) is 77.0 Å². The van der Waals surface area contributed by atoms with Crippen LogP contribution in [0, 0.1) is 0 Å². The van der Waals surface area contributed by atoms with E-state index in [1.807, 2.05) is 0 Å². The van der Waals surface area contributed by atoms with Crippen molar-refractivity contribution in [3.8, 4) is 0 Å². The van der Waals surface area contributed by atoms with Crippen LogP contribution >= 0.6 is 48.0 Å². The van der Waals surface area contributed by atoms with Crippen LogP contribution < -0.4 is 10.6 Å². The number of hydrogen-bond acceptors (Lipinski definition) is 7.